The molecule has 0 saturated heterocycles. The standard InChI is InChI=1S/C31H40FN5O4S/c1-4-5-18-42(39)35-29(25-16-17-26-31(36(2)3)33-22-34-37(25)26)28(32)30(41-20-24-14-10-7-11-15-24)27(38)21-40-19-23-12-8-6-9-13-23/h6-17,22,27-30,35,38H,4-5,18-21H2,1-3H3/t27-,28+,29?,30-,42-/m1/s1. The van der Waals surface area contributed by atoms with E-state index >= 15 is 4.39 Å². The summed E-state index contributed by atoms with van der Waals surface area (Å²) in [5.41, 5.74) is 2.88. The van der Waals surface area contributed by atoms with Crippen LogP contribution in [0.15, 0.2) is 79.1 Å². The zero-order chi connectivity index (χ0) is 29.9. The average Bonchev–Trinajstić information content (AvgIpc) is 3.44. The van der Waals surface area contributed by atoms with Gasteiger partial charge >= 0.3 is 0 Å². The number of nitrogens with one attached hydrogen (secondary N) is 1. The van der Waals surface area contributed by atoms with Gasteiger partial charge in [-0.3, -0.25) is 0 Å². The highest BCUT2D eigenvalue weighted by atomic mass is 32.2. The lowest BCUT2D eigenvalue weighted by Gasteiger charge is -2.31. The van der Waals surface area contributed by atoms with Crippen LogP contribution in [-0.2, 0) is 34.0 Å². The molecular formula is C31H40FN5O4S. The number of aliphatic hydroxyl groups is 1. The van der Waals surface area contributed by atoms with E-state index in [2.05, 4.69) is 14.8 Å². The van der Waals surface area contributed by atoms with Gasteiger partial charge in [-0.05, 0) is 29.7 Å². The van der Waals surface area contributed by atoms with E-state index < -0.39 is 35.8 Å². The van der Waals surface area contributed by atoms with Crippen molar-refractivity contribution < 1.29 is 23.5 Å². The smallest absolute Gasteiger partial charge is 0.156 e. The van der Waals surface area contributed by atoms with Crippen LogP contribution in [0, 0.1) is 0 Å². The molecule has 9 nitrogen and oxygen atoms in total. The van der Waals surface area contributed by atoms with Crippen LogP contribution in [0.25, 0.3) is 5.52 Å². The molecule has 0 saturated carbocycles. The van der Waals surface area contributed by atoms with Crippen LogP contribution in [0.5, 0.6) is 0 Å². The van der Waals surface area contributed by atoms with Gasteiger partial charge in [0, 0.05) is 25.5 Å². The van der Waals surface area contributed by atoms with E-state index in [1.165, 1.54) is 6.33 Å². The van der Waals surface area contributed by atoms with Crippen LogP contribution in [0.4, 0.5) is 10.2 Å². The van der Waals surface area contributed by atoms with Gasteiger partial charge in [0.25, 0.3) is 0 Å². The first-order valence-corrected chi connectivity index (χ1v) is 15.4. The number of hydrogen-bond donors (Lipinski definition) is 2. The van der Waals surface area contributed by atoms with Crippen LogP contribution < -0.4 is 9.62 Å². The van der Waals surface area contributed by atoms with Crippen molar-refractivity contribution in [1.29, 1.82) is 0 Å². The second-order valence-corrected chi connectivity index (χ2v) is 11.6. The fraction of sp³-hybridized carbons (Fsp3) is 0.419. The van der Waals surface area contributed by atoms with Crippen molar-refractivity contribution >= 4 is 22.7 Å². The number of nitrogens with zero attached hydrogens (tertiary/aromatic N) is 4. The van der Waals surface area contributed by atoms with Gasteiger partial charge in [-0.1, -0.05) is 74.0 Å². The summed E-state index contributed by atoms with van der Waals surface area (Å²) in [7, 11) is 3.73. The molecule has 11 heteroatoms. The van der Waals surface area contributed by atoms with Crippen molar-refractivity contribution in [3.8, 4) is 0 Å². The summed E-state index contributed by atoms with van der Waals surface area (Å²) in [5.74, 6) is 1.02. The molecule has 2 aromatic heterocycles. The second-order valence-electron chi connectivity index (χ2n) is 10.3. The lowest BCUT2D eigenvalue weighted by atomic mass is 10.0. The zero-order valence-electron chi connectivity index (χ0n) is 24.3. The summed E-state index contributed by atoms with van der Waals surface area (Å²) < 4.78 is 46.4. The number of unbranched alkanes of at least 4 members (excludes halogenated alkanes) is 1. The minimum atomic E-state index is -1.81. The molecule has 0 radical (unpaired) electrons. The number of halogens is 1. The van der Waals surface area contributed by atoms with Crippen molar-refractivity contribution in [2.45, 2.75) is 57.4 Å². The number of rotatable bonds is 17. The maximum Gasteiger partial charge on any atom is 0.156 e. The first-order valence-electron chi connectivity index (χ1n) is 14.1. The van der Waals surface area contributed by atoms with Gasteiger partial charge in [-0.2, -0.15) is 5.10 Å². The molecule has 0 fully saturated rings. The van der Waals surface area contributed by atoms with E-state index in [9.17, 15) is 9.66 Å². The first-order chi connectivity index (χ1) is 20.4. The fourth-order valence-corrected chi connectivity index (χ4v) is 5.83. The minimum Gasteiger partial charge on any atom is -0.598 e. The predicted octanol–water partition coefficient (Wildman–Crippen LogP) is 4.39. The number of aromatic nitrogens is 3. The molecule has 5 atom stereocenters. The fourth-order valence-electron chi connectivity index (χ4n) is 4.62. The highest BCUT2D eigenvalue weighted by Crippen LogP contribution is 2.30. The van der Waals surface area contributed by atoms with Gasteiger partial charge in [-0.25, -0.2) is 13.9 Å². The summed E-state index contributed by atoms with van der Waals surface area (Å²) in [5, 5.41) is 15.6. The van der Waals surface area contributed by atoms with Gasteiger partial charge in [0.05, 0.1) is 25.5 Å². The molecule has 0 aliphatic carbocycles. The summed E-state index contributed by atoms with van der Waals surface area (Å²) >= 11 is -1.54. The highest BCUT2D eigenvalue weighted by Gasteiger charge is 2.40. The van der Waals surface area contributed by atoms with E-state index in [0.29, 0.717) is 22.8 Å². The molecule has 0 spiro atoms. The molecule has 4 rings (SSSR count). The van der Waals surface area contributed by atoms with Gasteiger partial charge in [0.2, 0.25) is 0 Å². The van der Waals surface area contributed by atoms with Gasteiger partial charge < -0.3 is 24.0 Å². The Morgan fingerprint density at radius 3 is 2.33 bits per heavy atom. The van der Waals surface area contributed by atoms with E-state index in [-0.39, 0.29) is 19.8 Å². The number of aliphatic hydroxyl groups excluding tert-OH is 1. The Morgan fingerprint density at radius 1 is 1.02 bits per heavy atom. The zero-order valence-corrected chi connectivity index (χ0v) is 25.1. The third-order valence-corrected chi connectivity index (χ3v) is 8.02. The van der Waals surface area contributed by atoms with Gasteiger partial charge in [0.1, 0.15) is 35.8 Å². The van der Waals surface area contributed by atoms with E-state index in [4.69, 9.17) is 9.47 Å². The number of alkyl halides is 1. The Kier molecular flexibility index (Phi) is 12.1. The van der Waals surface area contributed by atoms with Crippen LogP contribution in [0.2, 0.25) is 0 Å². The van der Waals surface area contributed by atoms with E-state index in [1.807, 2.05) is 86.6 Å². The summed E-state index contributed by atoms with van der Waals surface area (Å²) in [6.07, 6.45) is -1.45. The Labute approximate surface area is 250 Å². The monoisotopic (exact) mass is 597 g/mol. The molecule has 4 aromatic rings. The summed E-state index contributed by atoms with van der Waals surface area (Å²) in [4.78, 5) is 6.19. The Morgan fingerprint density at radius 2 is 1.69 bits per heavy atom. The normalized spacial score (nSPS) is 15.3. The predicted molar refractivity (Wildman–Crippen MR) is 163 cm³/mol. The van der Waals surface area contributed by atoms with E-state index in [1.54, 1.807) is 16.6 Å². The lowest BCUT2D eigenvalue weighted by Crippen LogP contribution is -2.48. The van der Waals surface area contributed by atoms with Gasteiger partial charge in [-0.15, -0.1) is 4.72 Å². The summed E-state index contributed by atoms with van der Waals surface area (Å²) in [6, 6.07) is 21.4. The Bertz CT molecular complexity index is 1350. The maximum absolute atomic E-state index is 16.9. The number of benzene rings is 2. The lowest BCUT2D eigenvalue weighted by molar-refractivity contribution is -0.115. The van der Waals surface area contributed by atoms with Crippen LogP contribution in [-0.4, -0.2) is 69.1 Å². The molecule has 226 valence electrons. The molecule has 1 unspecified atom stereocenters. The van der Waals surface area contributed by atoms with Crippen LogP contribution >= 0.6 is 0 Å². The quantitative estimate of drug-likeness (QED) is 0.173. The topological polar surface area (TPSA) is 107 Å². The van der Waals surface area contributed by atoms with Crippen molar-refractivity contribution in [2.24, 2.45) is 0 Å². The molecule has 0 amide bonds. The van der Waals surface area contributed by atoms with Crippen LogP contribution in [0.1, 0.15) is 42.6 Å². The second kappa shape index (κ2) is 16.0. The third-order valence-electron chi connectivity index (χ3n) is 6.84. The average molecular weight is 598 g/mol. The SMILES string of the molecule is CCCC[S@@+]([O-])NC(c1ccc2c(N(C)C)ncnn12)[C@H](F)[C@H](OCc1ccccc1)[C@H](O)COCc1ccccc1. The molecule has 0 aliphatic heterocycles. The van der Waals surface area contributed by atoms with Crippen molar-refractivity contribution in [1.82, 2.24) is 19.3 Å². The van der Waals surface area contributed by atoms with Crippen LogP contribution in [0.3, 0.4) is 0 Å². The largest absolute Gasteiger partial charge is 0.598 e. The highest BCUT2D eigenvalue weighted by molar-refractivity contribution is 7.89. The number of fused-ring (bicyclic) bond motifs is 1. The molecular weight excluding hydrogens is 557 g/mol. The molecule has 2 heterocycles. The molecule has 2 aromatic carbocycles. The first kappa shape index (κ1) is 31.9. The van der Waals surface area contributed by atoms with Crippen molar-refractivity contribution in [3.63, 3.8) is 0 Å². The van der Waals surface area contributed by atoms with E-state index in [0.717, 1.165) is 24.0 Å². The number of ether oxygens (including phenoxy) is 2. The molecule has 0 bridgehead atoms. The molecule has 2 N–H and O–H groups in total. The number of anilines is 1. The minimum absolute atomic E-state index is 0.0785. The number of hydrogen-bond acceptors (Lipinski definition) is 8. The Hall–Kier alpha value is -3.06. The third kappa shape index (κ3) is 8.50. The Balaban J connectivity index is 1.63. The molecule has 0 aliphatic rings. The summed E-state index contributed by atoms with van der Waals surface area (Å²) in [6.45, 7) is 2.19. The molecule has 42 heavy (non-hydrogen) atoms. The van der Waals surface area contributed by atoms with Crippen molar-refractivity contribution in [3.05, 3.63) is 95.9 Å². The maximum atomic E-state index is 16.9. The van der Waals surface area contributed by atoms with Crippen molar-refractivity contribution in [2.75, 3.05) is 31.4 Å². The van der Waals surface area contributed by atoms with Gasteiger partial charge in [0.15, 0.2) is 12.0 Å².